The maximum Gasteiger partial charge on any atom is 0.214 e. The standard InChI is InChI=1S/C17H19N9/c1-17(19)3-5-26(6-4-17)13-9-22-15-14(24-25-16(15)23-13)10-7-12(18)21-8-11(10)20-2/h7-9H,3-6,19H2,1H3,(H2,18,21)(H,23,24,25). The first-order chi connectivity index (χ1) is 12.5. The van der Waals surface area contributed by atoms with Gasteiger partial charge in [-0.25, -0.2) is 14.8 Å². The number of hydrogen-bond donors (Lipinski definition) is 3. The lowest BCUT2D eigenvalue weighted by atomic mass is 9.91. The van der Waals surface area contributed by atoms with Crippen LogP contribution >= 0.6 is 0 Å². The van der Waals surface area contributed by atoms with Gasteiger partial charge in [-0.1, -0.05) is 0 Å². The monoisotopic (exact) mass is 349 g/mol. The molecule has 0 spiro atoms. The number of rotatable bonds is 2. The van der Waals surface area contributed by atoms with Gasteiger partial charge in [-0.3, -0.25) is 10.1 Å². The van der Waals surface area contributed by atoms with Crippen LogP contribution in [-0.2, 0) is 0 Å². The number of nitrogens with one attached hydrogen (secondary N) is 1. The molecule has 9 nitrogen and oxygen atoms in total. The molecular formula is C17H19N9. The average Bonchev–Trinajstić information content (AvgIpc) is 3.04. The fourth-order valence-corrected chi connectivity index (χ4v) is 3.13. The third kappa shape index (κ3) is 2.80. The number of aromatic amines is 1. The van der Waals surface area contributed by atoms with Gasteiger partial charge in [0, 0.05) is 30.4 Å². The summed E-state index contributed by atoms with van der Waals surface area (Å²) in [6.07, 6.45) is 5.00. The Morgan fingerprint density at radius 1 is 1.27 bits per heavy atom. The second-order valence-electron chi connectivity index (χ2n) is 6.88. The van der Waals surface area contributed by atoms with Gasteiger partial charge in [-0.15, -0.1) is 0 Å². The fourth-order valence-electron chi connectivity index (χ4n) is 3.13. The summed E-state index contributed by atoms with van der Waals surface area (Å²) in [5.74, 6) is 1.11. The molecule has 9 heteroatoms. The number of hydrogen-bond acceptors (Lipinski definition) is 7. The van der Waals surface area contributed by atoms with Crippen molar-refractivity contribution in [2.75, 3.05) is 23.7 Å². The van der Waals surface area contributed by atoms with Crippen LogP contribution in [0.3, 0.4) is 0 Å². The first kappa shape index (κ1) is 16.2. The average molecular weight is 349 g/mol. The third-order valence-electron chi connectivity index (χ3n) is 4.78. The van der Waals surface area contributed by atoms with Crippen LogP contribution in [0.5, 0.6) is 0 Å². The highest BCUT2D eigenvalue weighted by Crippen LogP contribution is 2.33. The van der Waals surface area contributed by atoms with Crippen LogP contribution in [0.1, 0.15) is 19.8 Å². The van der Waals surface area contributed by atoms with E-state index in [1.54, 1.807) is 12.3 Å². The molecule has 132 valence electrons. The number of nitrogens with zero attached hydrogens (tertiary/aromatic N) is 6. The number of H-pyrrole nitrogens is 1. The van der Waals surface area contributed by atoms with E-state index in [9.17, 15) is 0 Å². The van der Waals surface area contributed by atoms with E-state index in [4.69, 9.17) is 18.0 Å². The van der Waals surface area contributed by atoms with Crippen LogP contribution in [-0.4, -0.2) is 43.8 Å². The molecule has 4 rings (SSSR count). The summed E-state index contributed by atoms with van der Waals surface area (Å²) in [6, 6.07) is 1.64. The fraction of sp³-hybridized carbons (Fsp3) is 0.353. The quantitative estimate of drug-likeness (QED) is 0.603. The minimum atomic E-state index is -0.120. The molecule has 5 N–H and O–H groups in total. The molecule has 3 aromatic rings. The van der Waals surface area contributed by atoms with E-state index in [0.717, 1.165) is 31.7 Å². The molecule has 1 aliphatic heterocycles. The Hall–Kier alpha value is -3.25. The zero-order chi connectivity index (χ0) is 18.3. The van der Waals surface area contributed by atoms with Crippen LogP contribution in [0.4, 0.5) is 17.3 Å². The van der Waals surface area contributed by atoms with Gasteiger partial charge in [0.05, 0.1) is 18.5 Å². The summed E-state index contributed by atoms with van der Waals surface area (Å²) in [5.41, 5.74) is 14.6. The largest absolute Gasteiger partial charge is 0.384 e. The van der Waals surface area contributed by atoms with E-state index in [2.05, 4.69) is 41.8 Å². The van der Waals surface area contributed by atoms with Gasteiger partial charge in [0.1, 0.15) is 17.2 Å². The van der Waals surface area contributed by atoms with Gasteiger partial charge in [-0.05, 0) is 25.8 Å². The van der Waals surface area contributed by atoms with Gasteiger partial charge in [0.25, 0.3) is 0 Å². The van der Waals surface area contributed by atoms with Gasteiger partial charge < -0.3 is 16.4 Å². The van der Waals surface area contributed by atoms with Gasteiger partial charge in [0.15, 0.2) is 0 Å². The Morgan fingerprint density at radius 3 is 2.77 bits per heavy atom. The molecule has 26 heavy (non-hydrogen) atoms. The Morgan fingerprint density at radius 2 is 2.04 bits per heavy atom. The maximum absolute atomic E-state index is 7.32. The number of aromatic nitrogens is 5. The van der Waals surface area contributed by atoms with Crippen molar-refractivity contribution in [2.24, 2.45) is 5.73 Å². The van der Waals surface area contributed by atoms with E-state index in [1.165, 1.54) is 6.20 Å². The van der Waals surface area contributed by atoms with Crippen molar-refractivity contribution < 1.29 is 0 Å². The topological polar surface area (TPSA) is 127 Å². The van der Waals surface area contributed by atoms with Crippen molar-refractivity contribution in [2.45, 2.75) is 25.3 Å². The molecule has 0 amide bonds. The highest BCUT2D eigenvalue weighted by Gasteiger charge is 2.27. The number of pyridine rings is 1. The third-order valence-corrected chi connectivity index (χ3v) is 4.78. The van der Waals surface area contributed by atoms with Crippen LogP contribution in [0.15, 0.2) is 18.5 Å². The molecule has 0 aromatic carbocycles. The van der Waals surface area contributed by atoms with Crippen molar-refractivity contribution in [3.63, 3.8) is 0 Å². The molecule has 0 unspecified atom stereocenters. The van der Waals surface area contributed by atoms with Crippen molar-refractivity contribution >= 4 is 28.5 Å². The Labute approximate surface area is 150 Å². The molecule has 1 fully saturated rings. The lowest BCUT2D eigenvalue weighted by Crippen LogP contribution is -2.48. The highest BCUT2D eigenvalue weighted by atomic mass is 15.2. The van der Waals surface area contributed by atoms with Crippen molar-refractivity contribution in [3.8, 4) is 11.3 Å². The first-order valence-corrected chi connectivity index (χ1v) is 8.35. The molecule has 1 aliphatic rings. The second kappa shape index (κ2) is 5.93. The lowest BCUT2D eigenvalue weighted by Gasteiger charge is -2.37. The maximum atomic E-state index is 7.32. The van der Waals surface area contributed by atoms with Crippen LogP contribution in [0, 0.1) is 6.57 Å². The molecule has 4 heterocycles. The summed E-state index contributed by atoms with van der Waals surface area (Å²) in [7, 11) is 0. The van der Waals surface area contributed by atoms with Crippen LogP contribution in [0.2, 0.25) is 0 Å². The number of fused-ring (bicyclic) bond motifs is 1. The number of nitrogens with two attached hydrogens (primary N) is 2. The smallest absolute Gasteiger partial charge is 0.214 e. The van der Waals surface area contributed by atoms with Crippen molar-refractivity contribution in [1.29, 1.82) is 0 Å². The predicted octanol–water partition coefficient (Wildman–Crippen LogP) is 1.87. The molecule has 0 bridgehead atoms. The zero-order valence-electron chi connectivity index (χ0n) is 14.4. The second-order valence-corrected chi connectivity index (χ2v) is 6.88. The molecule has 3 aromatic heterocycles. The summed E-state index contributed by atoms with van der Waals surface area (Å²) in [4.78, 5) is 18.8. The lowest BCUT2D eigenvalue weighted by molar-refractivity contribution is 0.363. The predicted molar refractivity (Wildman–Crippen MR) is 99.6 cm³/mol. The summed E-state index contributed by atoms with van der Waals surface area (Å²) < 4.78 is 0. The van der Waals surface area contributed by atoms with E-state index >= 15 is 0 Å². The van der Waals surface area contributed by atoms with Crippen molar-refractivity contribution in [1.82, 2.24) is 25.1 Å². The SMILES string of the molecule is [C-]#[N+]c1cnc(N)cc1-c1[nH]nc2nc(N3CCC(C)(N)CC3)cnc12. The van der Waals surface area contributed by atoms with E-state index in [1.807, 2.05) is 0 Å². The molecule has 0 aliphatic carbocycles. The zero-order valence-corrected chi connectivity index (χ0v) is 14.4. The normalized spacial score (nSPS) is 16.6. The number of nitrogen functional groups attached to an aromatic ring is 1. The van der Waals surface area contributed by atoms with Gasteiger partial charge in [-0.2, -0.15) is 5.10 Å². The number of piperidine rings is 1. The summed E-state index contributed by atoms with van der Waals surface area (Å²) in [6.45, 7) is 11.1. The molecular weight excluding hydrogens is 330 g/mol. The van der Waals surface area contributed by atoms with Gasteiger partial charge in [0.2, 0.25) is 11.3 Å². The minimum Gasteiger partial charge on any atom is -0.384 e. The van der Waals surface area contributed by atoms with Crippen molar-refractivity contribution in [3.05, 3.63) is 29.9 Å². The van der Waals surface area contributed by atoms with Crippen LogP contribution < -0.4 is 16.4 Å². The Bertz CT molecular complexity index is 1000. The molecule has 1 saturated heterocycles. The van der Waals surface area contributed by atoms with E-state index < -0.39 is 0 Å². The molecule has 0 radical (unpaired) electrons. The first-order valence-electron chi connectivity index (χ1n) is 8.35. The van der Waals surface area contributed by atoms with E-state index in [0.29, 0.717) is 33.9 Å². The van der Waals surface area contributed by atoms with E-state index in [-0.39, 0.29) is 5.54 Å². The van der Waals surface area contributed by atoms with Gasteiger partial charge >= 0.3 is 0 Å². The summed E-state index contributed by atoms with van der Waals surface area (Å²) >= 11 is 0. The summed E-state index contributed by atoms with van der Waals surface area (Å²) in [5, 5.41) is 7.21. The number of anilines is 2. The molecule has 0 saturated carbocycles. The Balaban J connectivity index is 1.71. The highest BCUT2D eigenvalue weighted by molar-refractivity contribution is 5.93. The minimum absolute atomic E-state index is 0.120. The van der Waals surface area contributed by atoms with Crippen LogP contribution in [0.25, 0.3) is 27.3 Å². The Kier molecular flexibility index (Phi) is 3.70. The molecule has 0 atom stereocenters.